The molecule has 0 radical (unpaired) electrons. The Bertz CT molecular complexity index is 311. The van der Waals surface area contributed by atoms with Gasteiger partial charge >= 0.3 is 0 Å². The van der Waals surface area contributed by atoms with Crippen molar-refractivity contribution in [3.05, 3.63) is 0 Å². The molecular weight excluding hydrogens is 232 g/mol. The van der Waals surface area contributed by atoms with Crippen LogP contribution in [0.3, 0.4) is 0 Å². The number of amides is 2. The number of carbonyl (C=O) groups is 2. The Balaban J connectivity index is 1.79. The van der Waals surface area contributed by atoms with E-state index in [-0.39, 0.29) is 25.0 Å². The number of carbonyl (C=O) groups excluding carboxylic acids is 2. The molecule has 2 aliphatic rings. The lowest BCUT2D eigenvalue weighted by Crippen LogP contribution is -2.47. The van der Waals surface area contributed by atoms with Crippen LogP contribution in [-0.2, 0) is 9.59 Å². The van der Waals surface area contributed by atoms with Gasteiger partial charge in [-0.1, -0.05) is 0 Å². The first-order chi connectivity index (χ1) is 8.70. The maximum atomic E-state index is 12.1. The predicted molar refractivity (Wildman–Crippen MR) is 66.8 cm³/mol. The normalized spacial score (nSPS) is 22.4. The number of hydrogen-bond acceptors (Lipinski definition) is 3. The molecule has 18 heavy (non-hydrogen) atoms. The van der Waals surface area contributed by atoms with Gasteiger partial charge in [0, 0.05) is 32.7 Å². The van der Waals surface area contributed by atoms with Crippen molar-refractivity contribution >= 4 is 11.8 Å². The Hall–Kier alpha value is -1.10. The molecular formula is C13H22N2O3. The zero-order valence-electron chi connectivity index (χ0n) is 10.8. The van der Waals surface area contributed by atoms with Gasteiger partial charge in [0.2, 0.25) is 11.8 Å². The molecule has 0 aromatic rings. The van der Waals surface area contributed by atoms with Crippen LogP contribution in [0.25, 0.3) is 0 Å². The number of hydrogen-bond donors (Lipinski definition) is 1. The predicted octanol–water partition coefficient (Wildman–Crippen LogP) is 0.230. The van der Waals surface area contributed by atoms with Crippen molar-refractivity contribution in [3.8, 4) is 0 Å². The highest BCUT2D eigenvalue weighted by Gasteiger charge is 2.26. The van der Waals surface area contributed by atoms with E-state index in [1.165, 1.54) is 0 Å². The summed E-state index contributed by atoms with van der Waals surface area (Å²) < 4.78 is 0. The quantitative estimate of drug-likeness (QED) is 0.784. The molecule has 0 atom stereocenters. The summed E-state index contributed by atoms with van der Waals surface area (Å²) in [5.74, 6) is 0.507. The molecule has 0 unspecified atom stereocenters. The fourth-order valence-electron chi connectivity index (χ4n) is 2.66. The number of rotatable bonds is 3. The molecule has 2 aliphatic heterocycles. The first kappa shape index (κ1) is 13.3. The number of nitrogens with zero attached hydrogens (tertiary/aromatic N) is 2. The smallest absolute Gasteiger partial charge is 0.242 e. The monoisotopic (exact) mass is 254 g/mol. The number of aliphatic hydroxyl groups excluding tert-OH is 1. The van der Waals surface area contributed by atoms with Crippen molar-refractivity contribution in [2.75, 3.05) is 32.8 Å². The molecule has 5 nitrogen and oxygen atoms in total. The van der Waals surface area contributed by atoms with Gasteiger partial charge in [0.1, 0.15) is 0 Å². The van der Waals surface area contributed by atoms with Crippen LogP contribution in [0.2, 0.25) is 0 Å². The molecule has 0 aromatic carbocycles. The minimum Gasteiger partial charge on any atom is -0.396 e. The van der Waals surface area contributed by atoms with E-state index in [1.807, 2.05) is 4.90 Å². The van der Waals surface area contributed by atoms with E-state index in [2.05, 4.69) is 0 Å². The van der Waals surface area contributed by atoms with E-state index in [1.54, 1.807) is 4.90 Å². The molecule has 5 heteroatoms. The molecule has 2 saturated heterocycles. The van der Waals surface area contributed by atoms with Crippen molar-refractivity contribution in [1.29, 1.82) is 0 Å². The lowest BCUT2D eigenvalue weighted by molar-refractivity contribution is -0.142. The summed E-state index contributed by atoms with van der Waals surface area (Å²) in [6, 6.07) is 0. The van der Waals surface area contributed by atoms with E-state index in [4.69, 9.17) is 5.11 Å². The Labute approximate surface area is 108 Å². The number of likely N-dealkylation sites (tertiary alicyclic amines) is 2. The lowest BCUT2D eigenvalue weighted by atomic mass is 9.98. The summed E-state index contributed by atoms with van der Waals surface area (Å²) in [6.45, 7) is 2.60. The van der Waals surface area contributed by atoms with E-state index in [9.17, 15) is 9.59 Å². The van der Waals surface area contributed by atoms with Crippen molar-refractivity contribution in [2.24, 2.45) is 5.92 Å². The average Bonchev–Trinajstić information content (AvgIpc) is 2.41. The summed E-state index contributed by atoms with van der Waals surface area (Å²) in [6.07, 6.45) is 4.28. The van der Waals surface area contributed by atoms with Gasteiger partial charge in [0.15, 0.2) is 0 Å². The molecule has 0 aromatic heterocycles. The zero-order valence-corrected chi connectivity index (χ0v) is 10.8. The van der Waals surface area contributed by atoms with Gasteiger partial charge in [-0.2, -0.15) is 0 Å². The fraction of sp³-hybridized carbons (Fsp3) is 0.846. The van der Waals surface area contributed by atoms with Crippen molar-refractivity contribution in [3.63, 3.8) is 0 Å². The zero-order chi connectivity index (χ0) is 13.0. The van der Waals surface area contributed by atoms with Crippen LogP contribution in [0.15, 0.2) is 0 Å². The first-order valence-corrected chi connectivity index (χ1v) is 6.87. The minimum atomic E-state index is 0.0571. The average molecular weight is 254 g/mol. The molecule has 102 valence electrons. The van der Waals surface area contributed by atoms with Gasteiger partial charge in [-0.25, -0.2) is 0 Å². The van der Waals surface area contributed by atoms with Crippen molar-refractivity contribution in [2.45, 2.75) is 32.1 Å². The fourth-order valence-corrected chi connectivity index (χ4v) is 2.66. The summed E-state index contributed by atoms with van der Waals surface area (Å²) in [4.78, 5) is 27.2. The summed E-state index contributed by atoms with van der Waals surface area (Å²) in [5, 5.41) is 9.06. The Kier molecular flexibility index (Phi) is 4.58. The molecule has 0 spiro atoms. The number of piperidine rings is 2. The third-order valence-corrected chi connectivity index (χ3v) is 3.97. The van der Waals surface area contributed by atoms with Gasteiger partial charge < -0.3 is 14.9 Å². The van der Waals surface area contributed by atoms with Crippen LogP contribution in [0, 0.1) is 5.92 Å². The van der Waals surface area contributed by atoms with Gasteiger partial charge in [0.05, 0.1) is 6.54 Å². The minimum absolute atomic E-state index is 0.0571. The number of aliphatic hydroxyl groups is 1. The Morgan fingerprint density at radius 3 is 2.56 bits per heavy atom. The van der Waals surface area contributed by atoms with Crippen LogP contribution in [0.1, 0.15) is 32.1 Å². The lowest BCUT2D eigenvalue weighted by Gasteiger charge is -2.33. The van der Waals surface area contributed by atoms with Crippen LogP contribution in [0.4, 0.5) is 0 Å². The molecule has 1 N–H and O–H groups in total. The molecule has 2 fully saturated rings. The summed E-state index contributed by atoms with van der Waals surface area (Å²) in [7, 11) is 0. The van der Waals surface area contributed by atoms with Gasteiger partial charge in [-0.15, -0.1) is 0 Å². The van der Waals surface area contributed by atoms with Crippen molar-refractivity contribution < 1.29 is 14.7 Å². The summed E-state index contributed by atoms with van der Waals surface area (Å²) >= 11 is 0. The van der Waals surface area contributed by atoms with Gasteiger partial charge in [-0.05, 0) is 31.6 Å². The van der Waals surface area contributed by atoms with E-state index < -0.39 is 0 Å². The SMILES string of the molecule is O=C(CN1CCCCC1=O)N1CCC(CO)CC1. The van der Waals surface area contributed by atoms with E-state index >= 15 is 0 Å². The Morgan fingerprint density at radius 2 is 1.94 bits per heavy atom. The van der Waals surface area contributed by atoms with E-state index in [0.717, 1.165) is 32.2 Å². The van der Waals surface area contributed by atoms with Crippen LogP contribution < -0.4 is 0 Å². The largest absolute Gasteiger partial charge is 0.396 e. The maximum absolute atomic E-state index is 12.1. The highest BCUT2D eigenvalue weighted by molar-refractivity contribution is 5.85. The van der Waals surface area contributed by atoms with Crippen LogP contribution >= 0.6 is 0 Å². The van der Waals surface area contributed by atoms with Crippen molar-refractivity contribution in [1.82, 2.24) is 9.80 Å². The topological polar surface area (TPSA) is 60.9 Å². The van der Waals surface area contributed by atoms with Crippen LogP contribution in [-0.4, -0.2) is 59.5 Å². The molecule has 0 saturated carbocycles. The first-order valence-electron chi connectivity index (χ1n) is 6.87. The molecule has 2 rings (SSSR count). The molecule has 2 amide bonds. The van der Waals surface area contributed by atoms with Crippen LogP contribution in [0.5, 0.6) is 0 Å². The second kappa shape index (κ2) is 6.18. The molecule has 0 aliphatic carbocycles. The summed E-state index contributed by atoms with van der Waals surface area (Å²) in [5.41, 5.74) is 0. The molecule has 2 heterocycles. The molecule has 0 bridgehead atoms. The maximum Gasteiger partial charge on any atom is 0.242 e. The highest BCUT2D eigenvalue weighted by atomic mass is 16.3. The second-order valence-electron chi connectivity index (χ2n) is 5.28. The van der Waals surface area contributed by atoms with Gasteiger partial charge in [-0.3, -0.25) is 9.59 Å². The highest BCUT2D eigenvalue weighted by Crippen LogP contribution is 2.17. The third-order valence-electron chi connectivity index (χ3n) is 3.97. The standard InChI is InChI=1S/C13H22N2O3/c16-10-11-4-7-14(8-5-11)13(18)9-15-6-2-1-3-12(15)17/h11,16H,1-10H2. The van der Waals surface area contributed by atoms with E-state index in [0.29, 0.717) is 25.4 Å². The van der Waals surface area contributed by atoms with Gasteiger partial charge in [0.25, 0.3) is 0 Å². The Morgan fingerprint density at radius 1 is 1.22 bits per heavy atom. The third kappa shape index (κ3) is 3.22. The second-order valence-corrected chi connectivity index (χ2v) is 5.28.